The highest BCUT2D eigenvalue weighted by molar-refractivity contribution is 8.00. The number of hydrogen-bond acceptors (Lipinski definition) is 6. The second kappa shape index (κ2) is 8.82. The molecule has 1 unspecified atom stereocenters. The molecular weight excluding hydrogens is 330 g/mol. The van der Waals surface area contributed by atoms with Gasteiger partial charge in [-0.3, -0.25) is 9.59 Å². The van der Waals surface area contributed by atoms with Crippen molar-refractivity contribution in [2.45, 2.75) is 31.7 Å². The van der Waals surface area contributed by atoms with E-state index in [4.69, 9.17) is 14.2 Å². The standard InChI is InChI=1S/C17H23NO5S/c1-12(2)23-17(20)10-15(19)18-8-9-24-16(18)11-22-14-7-5-4-6-13(14)21-3/h4-7,12,16H,8-11H2,1-3H3. The molecule has 7 heteroatoms. The summed E-state index contributed by atoms with van der Waals surface area (Å²) >= 11 is 1.64. The lowest BCUT2D eigenvalue weighted by Crippen LogP contribution is -2.39. The van der Waals surface area contributed by atoms with E-state index < -0.39 is 5.97 Å². The Morgan fingerprint density at radius 2 is 2.00 bits per heavy atom. The molecule has 1 saturated heterocycles. The number of esters is 1. The number of benzene rings is 1. The van der Waals surface area contributed by atoms with E-state index in [-0.39, 0.29) is 23.8 Å². The van der Waals surface area contributed by atoms with E-state index in [0.717, 1.165) is 5.75 Å². The van der Waals surface area contributed by atoms with E-state index in [2.05, 4.69) is 0 Å². The molecule has 1 atom stereocenters. The number of carbonyl (C=O) groups is 2. The summed E-state index contributed by atoms with van der Waals surface area (Å²) < 4.78 is 16.1. The van der Waals surface area contributed by atoms with Crippen LogP contribution >= 0.6 is 11.8 Å². The number of carbonyl (C=O) groups excluding carboxylic acids is 2. The van der Waals surface area contributed by atoms with E-state index in [1.54, 1.807) is 37.6 Å². The first-order valence-electron chi connectivity index (χ1n) is 7.87. The van der Waals surface area contributed by atoms with Crippen LogP contribution in [0.1, 0.15) is 20.3 Å². The number of para-hydroxylation sites is 2. The quantitative estimate of drug-likeness (QED) is 0.554. The normalized spacial score (nSPS) is 17.0. The molecule has 1 amide bonds. The lowest BCUT2D eigenvalue weighted by Gasteiger charge is -2.24. The molecule has 0 aliphatic carbocycles. The predicted octanol–water partition coefficient (Wildman–Crippen LogP) is 2.32. The highest BCUT2D eigenvalue weighted by Gasteiger charge is 2.31. The Morgan fingerprint density at radius 3 is 2.67 bits per heavy atom. The zero-order chi connectivity index (χ0) is 17.5. The number of rotatable bonds is 7. The van der Waals surface area contributed by atoms with Gasteiger partial charge in [0.2, 0.25) is 5.91 Å². The first-order chi connectivity index (χ1) is 11.5. The van der Waals surface area contributed by atoms with Crippen molar-refractivity contribution in [1.82, 2.24) is 4.90 Å². The second-order valence-electron chi connectivity index (χ2n) is 5.59. The molecule has 1 aliphatic rings. The molecule has 0 spiro atoms. The van der Waals surface area contributed by atoms with Gasteiger partial charge in [-0.2, -0.15) is 0 Å². The Labute approximate surface area is 146 Å². The summed E-state index contributed by atoms with van der Waals surface area (Å²) in [5.41, 5.74) is 0. The van der Waals surface area contributed by atoms with Crippen molar-refractivity contribution in [3.63, 3.8) is 0 Å². The minimum absolute atomic E-state index is 0.116. The van der Waals surface area contributed by atoms with Crippen molar-refractivity contribution in [2.75, 3.05) is 26.0 Å². The van der Waals surface area contributed by atoms with E-state index in [9.17, 15) is 9.59 Å². The zero-order valence-corrected chi connectivity index (χ0v) is 15.0. The topological polar surface area (TPSA) is 65.1 Å². The number of methoxy groups -OCH3 is 1. The Bertz CT molecular complexity index is 578. The van der Waals surface area contributed by atoms with Crippen LogP contribution in [0.2, 0.25) is 0 Å². The van der Waals surface area contributed by atoms with Gasteiger partial charge in [-0.1, -0.05) is 12.1 Å². The Kier molecular flexibility index (Phi) is 6.78. The molecular formula is C17H23NO5S. The van der Waals surface area contributed by atoms with Crippen LogP contribution in [0.15, 0.2) is 24.3 Å². The fraction of sp³-hybridized carbons (Fsp3) is 0.529. The molecule has 1 aliphatic heterocycles. The molecule has 1 heterocycles. The van der Waals surface area contributed by atoms with Crippen molar-refractivity contribution < 1.29 is 23.8 Å². The Morgan fingerprint density at radius 1 is 1.29 bits per heavy atom. The van der Waals surface area contributed by atoms with Crippen LogP contribution < -0.4 is 9.47 Å². The number of hydrogen-bond donors (Lipinski definition) is 0. The average Bonchev–Trinajstić information content (AvgIpc) is 3.00. The summed E-state index contributed by atoms with van der Waals surface area (Å²) in [7, 11) is 1.59. The molecule has 0 aromatic heterocycles. The van der Waals surface area contributed by atoms with Crippen LogP contribution in [0.25, 0.3) is 0 Å². The Balaban J connectivity index is 1.90. The van der Waals surface area contributed by atoms with Crippen LogP contribution in [0.5, 0.6) is 11.5 Å². The zero-order valence-electron chi connectivity index (χ0n) is 14.2. The summed E-state index contributed by atoms with van der Waals surface area (Å²) in [4.78, 5) is 25.7. The third-order valence-electron chi connectivity index (χ3n) is 3.42. The fourth-order valence-corrected chi connectivity index (χ4v) is 3.51. The number of nitrogens with zero attached hydrogens (tertiary/aromatic N) is 1. The van der Waals surface area contributed by atoms with Gasteiger partial charge in [-0.25, -0.2) is 0 Å². The van der Waals surface area contributed by atoms with Gasteiger partial charge >= 0.3 is 5.97 Å². The average molecular weight is 353 g/mol. The van der Waals surface area contributed by atoms with Crippen LogP contribution in [-0.2, 0) is 14.3 Å². The monoisotopic (exact) mass is 353 g/mol. The molecule has 6 nitrogen and oxygen atoms in total. The lowest BCUT2D eigenvalue weighted by molar-refractivity contribution is -0.152. The first-order valence-corrected chi connectivity index (χ1v) is 8.92. The molecule has 0 bridgehead atoms. The molecule has 0 radical (unpaired) electrons. The third kappa shape index (κ3) is 5.06. The van der Waals surface area contributed by atoms with Crippen LogP contribution in [0, 0.1) is 0 Å². The smallest absolute Gasteiger partial charge is 0.315 e. The summed E-state index contributed by atoms with van der Waals surface area (Å²) in [5, 5.41) is -0.116. The van der Waals surface area contributed by atoms with E-state index >= 15 is 0 Å². The second-order valence-corrected chi connectivity index (χ2v) is 6.88. The van der Waals surface area contributed by atoms with Crippen LogP contribution in [0.3, 0.4) is 0 Å². The maximum atomic E-state index is 12.3. The molecule has 24 heavy (non-hydrogen) atoms. The first kappa shape index (κ1) is 18.4. The minimum Gasteiger partial charge on any atom is -0.493 e. The van der Waals surface area contributed by atoms with Crippen molar-refractivity contribution in [3.05, 3.63) is 24.3 Å². The molecule has 1 fully saturated rings. The van der Waals surface area contributed by atoms with Crippen LogP contribution in [-0.4, -0.2) is 54.3 Å². The number of thioether (sulfide) groups is 1. The highest BCUT2D eigenvalue weighted by atomic mass is 32.2. The van der Waals surface area contributed by atoms with Gasteiger partial charge < -0.3 is 19.1 Å². The molecule has 0 N–H and O–H groups in total. The maximum absolute atomic E-state index is 12.3. The lowest BCUT2D eigenvalue weighted by atomic mass is 10.3. The van der Waals surface area contributed by atoms with Gasteiger partial charge in [0.05, 0.1) is 13.2 Å². The summed E-state index contributed by atoms with van der Waals surface area (Å²) in [6, 6.07) is 7.38. The molecule has 1 aromatic rings. The number of amides is 1. The van der Waals surface area contributed by atoms with Crippen molar-refractivity contribution in [3.8, 4) is 11.5 Å². The third-order valence-corrected chi connectivity index (χ3v) is 4.62. The SMILES string of the molecule is COc1ccccc1OCC1SCCN1C(=O)CC(=O)OC(C)C. The van der Waals surface area contributed by atoms with Crippen molar-refractivity contribution >= 4 is 23.6 Å². The van der Waals surface area contributed by atoms with E-state index in [1.807, 2.05) is 24.3 Å². The Hall–Kier alpha value is -1.89. The van der Waals surface area contributed by atoms with Gasteiger partial charge in [0, 0.05) is 12.3 Å². The van der Waals surface area contributed by atoms with Gasteiger partial charge in [0.15, 0.2) is 11.5 Å². The molecule has 1 aromatic carbocycles. The predicted molar refractivity (Wildman–Crippen MR) is 92.3 cm³/mol. The van der Waals surface area contributed by atoms with Gasteiger partial charge in [-0.05, 0) is 26.0 Å². The number of ether oxygens (including phenoxy) is 3. The largest absolute Gasteiger partial charge is 0.493 e. The van der Waals surface area contributed by atoms with Gasteiger partial charge in [-0.15, -0.1) is 11.8 Å². The van der Waals surface area contributed by atoms with Crippen LogP contribution in [0.4, 0.5) is 0 Å². The van der Waals surface area contributed by atoms with Crippen molar-refractivity contribution in [2.24, 2.45) is 0 Å². The highest BCUT2D eigenvalue weighted by Crippen LogP contribution is 2.29. The summed E-state index contributed by atoms with van der Waals surface area (Å²) in [6.45, 7) is 4.48. The fourth-order valence-electron chi connectivity index (χ4n) is 2.37. The van der Waals surface area contributed by atoms with E-state index in [1.165, 1.54) is 0 Å². The molecule has 132 valence electrons. The molecule has 2 rings (SSSR count). The van der Waals surface area contributed by atoms with Gasteiger partial charge in [0.1, 0.15) is 18.4 Å². The van der Waals surface area contributed by atoms with E-state index in [0.29, 0.717) is 24.7 Å². The minimum atomic E-state index is -0.490. The van der Waals surface area contributed by atoms with Gasteiger partial charge in [0.25, 0.3) is 0 Å². The van der Waals surface area contributed by atoms with Crippen molar-refractivity contribution in [1.29, 1.82) is 0 Å². The molecule has 0 saturated carbocycles. The summed E-state index contributed by atoms with van der Waals surface area (Å²) in [6.07, 6.45) is -0.452. The summed E-state index contributed by atoms with van der Waals surface area (Å²) in [5.74, 6) is 1.40. The maximum Gasteiger partial charge on any atom is 0.315 e.